The van der Waals surface area contributed by atoms with Crippen LogP contribution in [0.4, 0.5) is 0 Å². The van der Waals surface area contributed by atoms with Gasteiger partial charge in [-0.2, -0.15) is 0 Å². The van der Waals surface area contributed by atoms with Crippen molar-refractivity contribution < 1.29 is 9.59 Å². The summed E-state index contributed by atoms with van der Waals surface area (Å²) >= 11 is 0. The van der Waals surface area contributed by atoms with Crippen molar-refractivity contribution in [3.8, 4) is 0 Å². The molecule has 2 N–H and O–H groups in total. The van der Waals surface area contributed by atoms with Gasteiger partial charge in [-0.15, -0.1) is 0 Å². The van der Waals surface area contributed by atoms with E-state index < -0.39 is 0 Å². The molecule has 0 bridgehead atoms. The Bertz CT molecular complexity index is 466. The van der Waals surface area contributed by atoms with Crippen molar-refractivity contribution in [1.82, 2.24) is 15.5 Å². The zero-order valence-electron chi connectivity index (χ0n) is 16.5. The van der Waals surface area contributed by atoms with Gasteiger partial charge >= 0.3 is 0 Å². The monoisotopic (exact) mass is 363 g/mol. The second-order valence-electron chi connectivity index (χ2n) is 8.82. The third-order valence-electron chi connectivity index (χ3n) is 6.71. The first kappa shape index (κ1) is 19.7. The van der Waals surface area contributed by atoms with Gasteiger partial charge in [0.15, 0.2) is 0 Å². The van der Waals surface area contributed by atoms with E-state index in [4.69, 9.17) is 0 Å². The molecule has 3 aliphatic rings. The van der Waals surface area contributed by atoms with Gasteiger partial charge in [-0.05, 0) is 76.8 Å². The highest BCUT2D eigenvalue weighted by Gasteiger charge is 2.32. The van der Waals surface area contributed by atoms with E-state index in [0.717, 1.165) is 51.7 Å². The van der Waals surface area contributed by atoms with Gasteiger partial charge in [0.2, 0.25) is 11.8 Å². The van der Waals surface area contributed by atoms with E-state index in [2.05, 4.69) is 15.5 Å². The van der Waals surface area contributed by atoms with Crippen molar-refractivity contribution in [3.63, 3.8) is 0 Å². The van der Waals surface area contributed by atoms with Crippen LogP contribution in [0, 0.1) is 17.8 Å². The third-order valence-corrected chi connectivity index (χ3v) is 6.71. The summed E-state index contributed by atoms with van der Waals surface area (Å²) in [5, 5.41) is 6.48. The number of nitrogens with zero attached hydrogens (tertiary/aromatic N) is 1. The normalized spacial score (nSPS) is 30.3. The van der Waals surface area contributed by atoms with Gasteiger partial charge in [-0.1, -0.05) is 12.8 Å². The topological polar surface area (TPSA) is 61.4 Å². The largest absolute Gasteiger partial charge is 0.353 e. The lowest BCUT2D eigenvalue weighted by atomic mass is 9.84. The predicted molar refractivity (Wildman–Crippen MR) is 104 cm³/mol. The number of likely N-dealkylation sites (tertiary alicyclic amines) is 1. The molecule has 0 aromatic heterocycles. The van der Waals surface area contributed by atoms with E-state index in [0.29, 0.717) is 24.2 Å². The number of nitrogens with one attached hydrogen (secondary N) is 2. The number of rotatable bonds is 6. The maximum atomic E-state index is 12.9. The van der Waals surface area contributed by atoms with Gasteiger partial charge in [0, 0.05) is 31.5 Å². The highest BCUT2D eigenvalue weighted by Crippen LogP contribution is 2.30. The van der Waals surface area contributed by atoms with Crippen LogP contribution in [0.5, 0.6) is 0 Å². The first-order valence-electron chi connectivity index (χ1n) is 10.9. The van der Waals surface area contributed by atoms with Crippen LogP contribution in [-0.2, 0) is 9.59 Å². The van der Waals surface area contributed by atoms with Crippen molar-refractivity contribution in [2.75, 3.05) is 26.7 Å². The van der Waals surface area contributed by atoms with Gasteiger partial charge in [0.05, 0.1) is 0 Å². The molecule has 1 heterocycles. The summed E-state index contributed by atoms with van der Waals surface area (Å²) in [5.41, 5.74) is 0. The molecule has 3 rings (SSSR count). The number of hydrogen-bond donors (Lipinski definition) is 2. The molecule has 148 valence electrons. The number of amides is 2. The van der Waals surface area contributed by atoms with Crippen molar-refractivity contribution in [3.05, 3.63) is 0 Å². The van der Waals surface area contributed by atoms with E-state index >= 15 is 0 Å². The SMILES string of the molecule is CNCC1CCCN(C(=O)C2CCC(NC(=O)CC3CCCC3)CC2)C1. The summed E-state index contributed by atoms with van der Waals surface area (Å²) in [6.45, 7) is 2.85. The Morgan fingerprint density at radius 1 is 0.923 bits per heavy atom. The fraction of sp³-hybridized carbons (Fsp3) is 0.905. The van der Waals surface area contributed by atoms with Crippen LogP contribution in [0.2, 0.25) is 0 Å². The Morgan fingerprint density at radius 3 is 2.31 bits per heavy atom. The summed E-state index contributed by atoms with van der Waals surface area (Å²) in [7, 11) is 1.99. The zero-order valence-corrected chi connectivity index (χ0v) is 16.5. The number of carbonyl (C=O) groups excluding carboxylic acids is 2. The van der Waals surface area contributed by atoms with Crippen LogP contribution in [0.3, 0.4) is 0 Å². The molecule has 1 atom stereocenters. The van der Waals surface area contributed by atoms with Crippen LogP contribution < -0.4 is 10.6 Å². The van der Waals surface area contributed by atoms with Gasteiger partial charge < -0.3 is 15.5 Å². The van der Waals surface area contributed by atoms with Crippen LogP contribution in [0.1, 0.15) is 70.6 Å². The van der Waals surface area contributed by atoms with Crippen LogP contribution in [0.15, 0.2) is 0 Å². The van der Waals surface area contributed by atoms with Gasteiger partial charge in [0.1, 0.15) is 0 Å². The van der Waals surface area contributed by atoms with Crippen molar-refractivity contribution >= 4 is 11.8 Å². The Balaban J connectivity index is 1.38. The molecule has 0 aromatic rings. The summed E-state index contributed by atoms with van der Waals surface area (Å²) in [4.78, 5) is 27.2. The van der Waals surface area contributed by atoms with Gasteiger partial charge in [-0.25, -0.2) is 0 Å². The minimum Gasteiger partial charge on any atom is -0.353 e. The quantitative estimate of drug-likeness (QED) is 0.763. The molecule has 0 spiro atoms. The summed E-state index contributed by atoms with van der Waals surface area (Å²) in [5.74, 6) is 1.98. The molecule has 0 aromatic carbocycles. The summed E-state index contributed by atoms with van der Waals surface area (Å²) < 4.78 is 0. The second kappa shape index (κ2) is 9.72. The van der Waals surface area contributed by atoms with E-state index in [-0.39, 0.29) is 17.9 Å². The lowest BCUT2D eigenvalue weighted by molar-refractivity contribution is -0.138. The molecule has 2 amide bonds. The molecular formula is C21H37N3O2. The maximum Gasteiger partial charge on any atom is 0.225 e. The van der Waals surface area contributed by atoms with Crippen LogP contribution in [0.25, 0.3) is 0 Å². The van der Waals surface area contributed by atoms with E-state index in [1.807, 2.05) is 7.05 Å². The molecule has 1 aliphatic heterocycles. The van der Waals surface area contributed by atoms with Crippen molar-refractivity contribution in [2.45, 2.75) is 76.7 Å². The molecule has 2 saturated carbocycles. The number of hydrogen-bond acceptors (Lipinski definition) is 3. The number of piperidine rings is 1. The van der Waals surface area contributed by atoms with Gasteiger partial charge in [0.25, 0.3) is 0 Å². The Morgan fingerprint density at radius 2 is 1.62 bits per heavy atom. The summed E-state index contributed by atoms with van der Waals surface area (Å²) in [6, 6.07) is 0.284. The fourth-order valence-electron chi connectivity index (χ4n) is 5.23. The predicted octanol–water partition coefficient (Wildman–Crippen LogP) is 2.70. The molecule has 26 heavy (non-hydrogen) atoms. The first-order valence-corrected chi connectivity index (χ1v) is 10.9. The number of carbonyl (C=O) groups is 2. The van der Waals surface area contributed by atoms with E-state index in [9.17, 15) is 9.59 Å². The van der Waals surface area contributed by atoms with E-state index in [1.54, 1.807) is 0 Å². The molecule has 1 unspecified atom stereocenters. The van der Waals surface area contributed by atoms with Crippen molar-refractivity contribution in [1.29, 1.82) is 0 Å². The van der Waals surface area contributed by atoms with Crippen LogP contribution >= 0.6 is 0 Å². The zero-order chi connectivity index (χ0) is 18.4. The average molecular weight is 364 g/mol. The Kier molecular flexibility index (Phi) is 7.35. The molecular weight excluding hydrogens is 326 g/mol. The molecule has 5 nitrogen and oxygen atoms in total. The summed E-state index contributed by atoms with van der Waals surface area (Å²) in [6.07, 6.45) is 11.9. The standard InChI is InChI=1S/C21H37N3O2/c1-22-14-17-7-4-12-24(15-17)21(26)18-8-10-19(11-9-18)23-20(25)13-16-5-2-3-6-16/h16-19,22H,2-15H2,1H3,(H,23,25). The molecule has 2 aliphatic carbocycles. The third kappa shape index (κ3) is 5.45. The Labute approximate surface area is 158 Å². The molecule has 3 fully saturated rings. The smallest absolute Gasteiger partial charge is 0.225 e. The fourth-order valence-corrected chi connectivity index (χ4v) is 5.23. The molecule has 0 radical (unpaired) electrons. The molecule has 5 heteroatoms. The van der Waals surface area contributed by atoms with E-state index in [1.165, 1.54) is 32.1 Å². The van der Waals surface area contributed by atoms with Crippen molar-refractivity contribution in [2.24, 2.45) is 17.8 Å². The lowest BCUT2D eigenvalue weighted by Gasteiger charge is -2.37. The highest BCUT2D eigenvalue weighted by molar-refractivity contribution is 5.79. The minimum absolute atomic E-state index is 0.173. The molecule has 1 saturated heterocycles. The first-order chi connectivity index (χ1) is 12.7. The Hall–Kier alpha value is -1.10. The van der Waals surface area contributed by atoms with Crippen LogP contribution in [-0.4, -0.2) is 49.4 Å². The highest BCUT2D eigenvalue weighted by atomic mass is 16.2. The lowest BCUT2D eigenvalue weighted by Crippen LogP contribution is -2.47. The maximum absolute atomic E-state index is 12.9. The second-order valence-corrected chi connectivity index (χ2v) is 8.82. The minimum atomic E-state index is 0.173. The van der Waals surface area contributed by atoms with Gasteiger partial charge in [-0.3, -0.25) is 9.59 Å². The average Bonchev–Trinajstić information content (AvgIpc) is 3.15.